The van der Waals surface area contributed by atoms with Gasteiger partial charge in [-0.1, -0.05) is 0 Å². The molecule has 3 aromatic rings. The molecule has 0 bridgehead atoms. The van der Waals surface area contributed by atoms with Crippen LogP contribution in [0.4, 0.5) is 0 Å². The lowest BCUT2D eigenvalue weighted by molar-refractivity contribution is 0.781. The van der Waals surface area contributed by atoms with Crippen LogP contribution in [0.15, 0.2) is 31.0 Å². The Balaban J connectivity index is 2.20. The minimum atomic E-state index is 0.700. The summed E-state index contributed by atoms with van der Waals surface area (Å²) in [6, 6.07) is 2.01. The van der Waals surface area contributed by atoms with E-state index in [1.165, 1.54) is 0 Å². The molecule has 0 saturated heterocycles. The lowest BCUT2D eigenvalue weighted by atomic mass is 10.4. The summed E-state index contributed by atoms with van der Waals surface area (Å²) in [6.45, 7) is 5.90. The van der Waals surface area contributed by atoms with Crippen molar-refractivity contribution < 1.29 is 0 Å². The lowest BCUT2D eigenvalue weighted by Gasteiger charge is -2.08. The Morgan fingerprint density at radius 1 is 0.895 bits per heavy atom. The zero-order valence-corrected chi connectivity index (χ0v) is 11.1. The molecule has 3 rings (SSSR count). The van der Waals surface area contributed by atoms with E-state index in [1.54, 1.807) is 23.4 Å². The van der Waals surface area contributed by atoms with E-state index >= 15 is 0 Å². The quantitative estimate of drug-likeness (QED) is 0.699. The van der Waals surface area contributed by atoms with Crippen LogP contribution in [0.25, 0.3) is 11.6 Å². The van der Waals surface area contributed by atoms with E-state index in [2.05, 4.69) is 20.1 Å². The first-order valence-electron chi connectivity index (χ1n) is 6.01. The molecular weight excluding hydrogens is 240 g/mol. The van der Waals surface area contributed by atoms with Crippen LogP contribution >= 0.6 is 0 Å². The van der Waals surface area contributed by atoms with Gasteiger partial charge in [-0.2, -0.15) is 5.10 Å². The third kappa shape index (κ3) is 2.01. The van der Waals surface area contributed by atoms with E-state index in [0.717, 1.165) is 17.1 Å². The summed E-state index contributed by atoms with van der Waals surface area (Å²) in [4.78, 5) is 13.0. The fourth-order valence-electron chi connectivity index (χ4n) is 2.04. The Morgan fingerprint density at radius 3 is 2.21 bits per heavy atom. The summed E-state index contributed by atoms with van der Waals surface area (Å²) in [5.74, 6) is 1.42. The molecule has 3 heterocycles. The molecule has 0 atom stereocenters. The Bertz CT molecular complexity index is 724. The fraction of sp³-hybridized carbons (Fsp3) is 0.231. The van der Waals surface area contributed by atoms with E-state index in [9.17, 15) is 0 Å². The van der Waals surface area contributed by atoms with Crippen molar-refractivity contribution in [3.63, 3.8) is 0 Å². The summed E-state index contributed by atoms with van der Waals surface area (Å²) in [5, 5.41) is 4.45. The second kappa shape index (κ2) is 4.31. The molecule has 0 spiro atoms. The van der Waals surface area contributed by atoms with E-state index in [1.807, 2.05) is 37.6 Å². The predicted molar refractivity (Wildman–Crippen MR) is 70.5 cm³/mol. The average molecular weight is 254 g/mol. The minimum absolute atomic E-state index is 0.700. The Morgan fingerprint density at radius 2 is 1.63 bits per heavy atom. The number of hydrogen-bond donors (Lipinski definition) is 0. The first kappa shape index (κ1) is 11.6. The maximum absolute atomic E-state index is 4.45. The van der Waals surface area contributed by atoms with Gasteiger partial charge in [0.05, 0.1) is 11.4 Å². The molecule has 6 nitrogen and oxygen atoms in total. The highest BCUT2D eigenvalue weighted by atomic mass is 15.3. The molecule has 0 aliphatic rings. The second-order valence-electron chi connectivity index (χ2n) is 4.46. The summed E-state index contributed by atoms with van der Waals surface area (Å²) < 4.78 is 3.65. The van der Waals surface area contributed by atoms with Crippen LogP contribution in [0.5, 0.6) is 0 Å². The van der Waals surface area contributed by atoms with Crippen LogP contribution in [0.3, 0.4) is 0 Å². The monoisotopic (exact) mass is 254 g/mol. The number of hydrogen-bond acceptors (Lipinski definition) is 4. The largest absolute Gasteiger partial charge is 0.287 e. The third-order valence-electron chi connectivity index (χ3n) is 2.83. The van der Waals surface area contributed by atoms with Gasteiger partial charge in [0.2, 0.25) is 0 Å². The van der Waals surface area contributed by atoms with E-state index < -0.39 is 0 Å². The molecule has 96 valence electrons. The molecular formula is C13H14N6. The highest BCUT2D eigenvalue weighted by Crippen LogP contribution is 2.16. The molecule has 0 amide bonds. The molecule has 0 N–H and O–H groups in total. The standard InChI is InChI=1S/C13H14N6/c1-9-6-11(3)19(17-9)13-12(14-4-5-15-13)18-7-10(2)16-8-18/h4-8H,1-3H3. The van der Waals surface area contributed by atoms with Crippen molar-refractivity contribution in [2.75, 3.05) is 0 Å². The summed E-state index contributed by atoms with van der Waals surface area (Å²) in [7, 11) is 0. The van der Waals surface area contributed by atoms with Gasteiger partial charge in [-0.05, 0) is 26.8 Å². The Kier molecular flexibility index (Phi) is 2.63. The van der Waals surface area contributed by atoms with E-state index in [0.29, 0.717) is 11.6 Å². The highest BCUT2D eigenvalue weighted by molar-refractivity contribution is 5.41. The van der Waals surface area contributed by atoms with Crippen molar-refractivity contribution in [2.24, 2.45) is 0 Å². The molecule has 0 aliphatic carbocycles. The molecule has 0 unspecified atom stereocenters. The van der Waals surface area contributed by atoms with Crippen molar-refractivity contribution in [3.8, 4) is 11.6 Å². The van der Waals surface area contributed by atoms with Crippen LogP contribution in [-0.4, -0.2) is 29.3 Å². The predicted octanol–water partition coefficient (Wildman–Crippen LogP) is 1.77. The zero-order valence-electron chi connectivity index (χ0n) is 11.1. The van der Waals surface area contributed by atoms with Crippen LogP contribution < -0.4 is 0 Å². The van der Waals surface area contributed by atoms with Gasteiger partial charge in [-0.15, -0.1) is 0 Å². The number of imidazole rings is 1. The van der Waals surface area contributed by atoms with Gasteiger partial charge in [0.25, 0.3) is 0 Å². The topological polar surface area (TPSA) is 61.4 Å². The first-order valence-corrected chi connectivity index (χ1v) is 6.01. The smallest absolute Gasteiger partial charge is 0.197 e. The van der Waals surface area contributed by atoms with Crippen molar-refractivity contribution >= 4 is 0 Å². The zero-order chi connectivity index (χ0) is 13.4. The summed E-state index contributed by atoms with van der Waals surface area (Å²) in [5.41, 5.74) is 2.91. The maximum atomic E-state index is 4.45. The first-order chi connectivity index (χ1) is 9.15. The molecule has 19 heavy (non-hydrogen) atoms. The van der Waals surface area contributed by atoms with Crippen molar-refractivity contribution in [1.29, 1.82) is 0 Å². The van der Waals surface area contributed by atoms with Gasteiger partial charge in [0, 0.05) is 24.3 Å². The molecule has 0 fully saturated rings. The number of rotatable bonds is 2. The average Bonchev–Trinajstić information content (AvgIpc) is 2.95. The van der Waals surface area contributed by atoms with Crippen molar-refractivity contribution in [2.45, 2.75) is 20.8 Å². The summed E-state index contributed by atoms with van der Waals surface area (Å²) in [6.07, 6.45) is 6.98. The van der Waals surface area contributed by atoms with Gasteiger partial charge < -0.3 is 0 Å². The normalized spacial score (nSPS) is 10.9. The molecule has 3 aromatic heterocycles. The van der Waals surface area contributed by atoms with Crippen LogP contribution in [-0.2, 0) is 0 Å². The van der Waals surface area contributed by atoms with Crippen molar-refractivity contribution in [3.05, 3.63) is 48.1 Å². The molecule has 0 radical (unpaired) electrons. The lowest BCUT2D eigenvalue weighted by Crippen LogP contribution is -2.09. The van der Waals surface area contributed by atoms with Gasteiger partial charge in [-0.3, -0.25) is 4.57 Å². The van der Waals surface area contributed by atoms with Crippen molar-refractivity contribution in [1.82, 2.24) is 29.3 Å². The van der Waals surface area contributed by atoms with E-state index in [-0.39, 0.29) is 0 Å². The molecule has 6 heteroatoms. The fourth-order valence-corrected chi connectivity index (χ4v) is 2.04. The van der Waals surface area contributed by atoms with Gasteiger partial charge in [-0.25, -0.2) is 19.6 Å². The Labute approximate surface area is 110 Å². The SMILES string of the molecule is Cc1cn(-c2nccnc2-n2nc(C)cc2C)cn1. The van der Waals surface area contributed by atoms with Crippen LogP contribution in [0.2, 0.25) is 0 Å². The van der Waals surface area contributed by atoms with E-state index in [4.69, 9.17) is 0 Å². The van der Waals surface area contributed by atoms with Crippen LogP contribution in [0, 0.1) is 20.8 Å². The number of nitrogens with zero attached hydrogens (tertiary/aromatic N) is 6. The van der Waals surface area contributed by atoms with Gasteiger partial charge >= 0.3 is 0 Å². The summed E-state index contributed by atoms with van der Waals surface area (Å²) >= 11 is 0. The minimum Gasteiger partial charge on any atom is -0.287 e. The molecule has 0 aliphatic heterocycles. The maximum Gasteiger partial charge on any atom is 0.197 e. The molecule has 0 aromatic carbocycles. The van der Waals surface area contributed by atoms with Gasteiger partial charge in [0.15, 0.2) is 11.6 Å². The Hall–Kier alpha value is -2.50. The second-order valence-corrected chi connectivity index (χ2v) is 4.46. The van der Waals surface area contributed by atoms with Crippen LogP contribution in [0.1, 0.15) is 17.1 Å². The molecule has 0 saturated carbocycles. The third-order valence-corrected chi connectivity index (χ3v) is 2.83. The highest BCUT2D eigenvalue weighted by Gasteiger charge is 2.13. The number of aryl methyl sites for hydroxylation is 3. The number of aromatic nitrogens is 6. The van der Waals surface area contributed by atoms with Gasteiger partial charge in [0.1, 0.15) is 6.33 Å².